The molecule has 9 nitrogen and oxygen atoms in total. The van der Waals surface area contributed by atoms with Gasteiger partial charge in [0.1, 0.15) is 12.5 Å². The van der Waals surface area contributed by atoms with E-state index >= 15 is 4.39 Å². The summed E-state index contributed by atoms with van der Waals surface area (Å²) in [5, 5.41) is 11.2. The van der Waals surface area contributed by atoms with Crippen LogP contribution in [-0.2, 0) is 25.7 Å². The van der Waals surface area contributed by atoms with E-state index in [2.05, 4.69) is 9.47 Å². The van der Waals surface area contributed by atoms with Gasteiger partial charge in [-0.2, -0.15) is 0 Å². The van der Waals surface area contributed by atoms with Gasteiger partial charge in [-0.25, -0.2) is 14.0 Å². The number of ether oxygens (including phenoxy) is 4. The number of carbonyl (C=O) groups is 2. The molecule has 0 aromatic heterocycles. The van der Waals surface area contributed by atoms with Gasteiger partial charge in [-0.05, 0) is 23.3 Å². The molecule has 0 radical (unpaired) electrons. The van der Waals surface area contributed by atoms with Gasteiger partial charge < -0.3 is 18.9 Å². The summed E-state index contributed by atoms with van der Waals surface area (Å²) in [6, 6.07) is 13.1. The largest absolute Gasteiger partial charge is 0.493 e. The van der Waals surface area contributed by atoms with E-state index in [1.54, 1.807) is 0 Å². The highest BCUT2D eigenvalue weighted by Gasteiger charge is 2.58. The molecule has 0 N–H and O–H groups in total. The molecular formula is C21H22FNO8. The minimum atomic E-state index is -3.44. The fourth-order valence-corrected chi connectivity index (χ4v) is 3.03. The summed E-state index contributed by atoms with van der Waals surface area (Å²) >= 11 is 0. The van der Waals surface area contributed by atoms with Crippen molar-refractivity contribution in [2.75, 3.05) is 27.9 Å². The third kappa shape index (κ3) is 5.27. The van der Waals surface area contributed by atoms with Crippen molar-refractivity contribution in [3.05, 3.63) is 69.8 Å². The maximum atomic E-state index is 15.7. The molecule has 0 heterocycles. The fourth-order valence-electron chi connectivity index (χ4n) is 3.03. The van der Waals surface area contributed by atoms with Crippen LogP contribution < -0.4 is 9.47 Å². The number of esters is 2. The fraction of sp³-hybridized carbons (Fsp3) is 0.333. The molecule has 0 saturated carbocycles. The average molecular weight is 435 g/mol. The molecule has 1 atom stereocenters. The van der Waals surface area contributed by atoms with E-state index in [4.69, 9.17) is 9.47 Å². The van der Waals surface area contributed by atoms with Crippen molar-refractivity contribution in [2.24, 2.45) is 0 Å². The third-order valence-electron chi connectivity index (χ3n) is 4.60. The normalized spacial score (nSPS) is 11.9. The molecule has 0 spiro atoms. The zero-order valence-corrected chi connectivity index (χ0v) is 17.2. The van der Waals surface area contributed by atoms with Gasteiger partial charge in [0.2, 0.25) is 6.54 Å². The van der Waals surface area contributed by atoms with Crippen LogP contribution in [0.1, 0.15) is 17.0 Å². The average Bonchev–Trinajstić information content (AvgIpc) is 2.79. The Labute approximate surface area is 177 Å². The molecule has 0 saturated heterocycles. The Kier molecular flexibility index (Phi) is 7.89. The van der Waals surface area contributed by atoms with Crippen molar-refractivity contribution in [3.8, 4) is 11.5 Å². The topological polar surface area (TPSA) is 114 Å². The molecule has 0 aliphatic carbocycles. The van der Waals surface area contributed by atoms with Crippen LogP contribution in [0.15, 0.2) is 48.5 Å². The standard InChI is InChI=1S/C21H22FNO8/c1-28-17-10-9-15(11-18(17)31-13-14-7-5-4-6-8-14)16(12-23(26)27)21(22,19(24)29-2)20(25)30-3/h4-11,16H,12-13H2,1-3H3/t16-/m0/s1. The molecule has 166 valence electrons. The van der Waals surface area contributed by atoms with Crippen molar-refractivity contribution in [2.45, 2.75) is 18.2 Å². The summed E-state index contributed by atoms with van der Waals surface area (Å²) in [6.07, 6.45) is 0. The number of nitro groups is 1. The smallest absolute Gasteiger partial charge is 0.356 e. The van der Waals surface area contributed by atoms with E-state index in [1.165, 1.54) is 25.3 Å². The molecule has 10 heteroatoms. The van der Waals surface area contributed by atoms with Gasteiger partial charge in [0.05, 0.1) is 21.3 Å². The summed E-state index contributed by atoms with van der Waals surface area (Å²) in [5.41, 5.74) is -2.65. The molecule has 0 aliphatic heterocycles. The molecule has 2 aromatic rings. The molecular weight excluding hydrogens is 413 g/mol. The van der Waals surface area contributed by atoms with Gasteiger partial charge in [0.15, 0.2) is 11.5 Å². The minimum absolute atomic E-state index is 0.0427. The second kappa shape index (κ2) is 10.4. The Morgan fingerprint density at radius 1 is 1.03 bits per heavy atom. The lowest BCUT2D eigenvalue weighted by molar-refractivity contribution is -0.485. The first kappa shape index (κ1) is 23.6. The molecule has 0 unspecified atom stereocenters. The van der Waals surface area contributed by atoms with E-state index in [0.29, 0.717) is 0 Å². The van der Waals surface area contributed by atoms with Crippen LogP contribution in [0, 0.1) is 10.1 Å². The molecule has 0 amide bonds. The summed E-state index contributed by atoms with van der Waals surface area (Å²) in [6.45, 7) is -0.944. The quantitative estimate of drug-likeness (QED) is 0.242. The van der Waals surface area contributed by atoms with Crippen LogP contribution in [0.4, 0.5) is 4.39 Å². The van der Waals surface area contributed by atoms with E-state index in [1.807, 2.05) is 30.3 Å². The van der Waals surface area contributed by atoms with E-state index in [0.717, 1.165) is 19.8 Å². The molecule has 0 fully saturated rings. The van der Waals surface area contributed by atoms with Gasteiger partial charge in [-0.1, -0.05) is 36.4 Å². The number of carbonyl (C=O) groups excluding carboxylic acids is 2. The number of rotatable bonds is 10. The summed E-state index contributed by atoms with van der Waals surface area (Å²) in [7, 11) is 3.12. The maximum absolute atomic E-state index is 15.7. The second-order valence-electron chi connectivity index (χ2n) is 6.45. The Bertz CT molecular complexity index is 918. The first-order valence-corrected chi connectivity index (χ1v) is 9.10. The van der Waals surface area contributed by atoms with E-state index in [-0.39, 0.29) is 23.7 Å². The van der Waals surface area contributed by atoms with Crippen LogP contribution in [0.3, 0.4) is 0 Å². The van der Waals surface area contributed by atoms with Crippen LogP contribution in [0.25, 0.3) is 0 Å². The van der Waals surface area contributed by atoms with Crippen molar-refractivity contribution < 1.29 is 37.9 Å². The Balaban J connectivity index is 2.51. The first-order chi connectivity index (χ1) is 14.8. The lowest BCUT2D eigenvalue weighted by Crippen LogP contribution is -2.51. The van der Waals surface area contributed by atoms with Crippen molar-refractivity contribution >= 4 is 11.9 Å². The lowest BCUT2D eigenvalue weighted by atomic mass is 9.83. The van der Waals surface area contributed by atoms with Crippen LogP contribution in [-0.4, -0.2) is 50.4 Å². The number of hydrogen-bond donors (Lipinski definition) is 0. The number of hydrogen-bond acceptors (Lipinski definition) is 8. The number of alkyl halides is 1. The van der Waals surface area contributed by atoms with Crippen LogP contribution >= 0.6 is 0 Å². The zero-order chi connectivity index (χ0) is 23.0. The van der Waals surface area contributed by atoms with Gasteiger partial charge in [-0.15, -0.1) is 0 Å². The Morgan fingerprint density at radius 2 is 1.65 bits per heavy atom. The highest BCUT2D eigenvalue weighted by atomic mass is 19.1. The predicted molar refractivity (Wildman–Crippen MR) is 106 cm³/mol. The molecule has 31 heavy (non-hydrogen) atoms. The highest BCUT2D eigenvalue weighted by Crippen LogP contribution is 2.39. The number of halogens is 1. The van der Waals surface area contributed by atoms with Crippen molar-refractivity contribution in [1.29, 1.82) is 0 Å². The maximum Gasteiger partial charge on any atom is 0.356 e. The zero-order valence-electron chi connectivity index (χ0n) is 17.2. The summed E-state index contributed by atoms with van der Waals surface area (Å²) in [4.78, 5) is 34.8. The highest BCUT2D eigenvalue weighted by molar-refractivity contribution is 6.04. The molecule has 0 bridgehead atoms. The summed E-state index contributed by atoms with van der Waals surface area (Å²) in [5.74, 6) is -4.62. The monoisotopic (exact) mass is 435 g/mol. The van der Waals surface area contributed by atoms with Gasteiger partial charge >= 0.3 is 17.6 Å². The molecule has 2 rings (SSSR count). The van der Waals surface area contributed by atoms with Crippen molar-refractivity contribution in [3.63, 3.8) is 0 Å². The predicted octanol–water partition coefficient (Wildman–Crippen LogP) is 2.69. The summed E-state index contributed by atoms with van der Waals surface area (Å²) < 4.78 is 35.5. The second-order valence-corrected chi connectivity index (χ2v) is 6.45. The number of benzene rings is 2. The lowest BCUT2D eigenvalue weighted by Gasteiger charge is -2.27. The van der Waals surface area contributed by atoms with Gasteiger partial charge in [0.25, 0.3) is 0 Å². The van der Waals surface area contributed by atoms with Gasteiger partial charge in [0, 0.05) is 4.92 Å². The van der Waals surface area contributed by atoms with Gasteiger partial charge in [-0.3, -0.25) is 10.1 Å². The van der Waals surface area contributed by atoms with E-state index in [9.17, 15) is 19.7 Å². The molecule has 2 aromatic carbocycles. The van der Waals surface area contributed by atoms with Crippen molar-refractivity contribution in [1.82, 2.24) is 0 Å². The SMILES string of the molecule is COC(=O)C(F)(C(=O)OC)[C@@H](C[N+](=O)[O-])c1ccc(OC)c(OCc2ccccc2)c1. The Morgan fingerprint density at radius 3 is 2.16 bits per heavy atom. The minimum Gasteiger partial charge on any atom is -0.493 e. The number of methoxy groups -OCH3 is 3. The Hall–Kier alpha value is -3.69. The molecule has 0 aliphatic rings. The van der Waals surface area contributed by atoms with Crippen LogP contribution in [0.2, 0.25) is 0 Å². The van der Waals surface area contributed by atoms with Crippen LogP contribution in [0.5, 0.6) is 11.5 Å². The first-order valence-electron chi connectivity index (χ1n) is 9.10. The van der Waals surface area contributed by atoms with E-state index < -0.39 is 35.0 Å². The number of nitrogens with zero attached hydrogens (tertiary/aromatic N) is 1. The third-order valence-corrected chi connectivity index (χ3v) is 4.60.